The Hall–Kier alpha value is -1.82. The normalized spacial score (nSPS) is 10.6. The van der Waals surface area contributed by atoms with Gasteiger partial charge in [-0.3, -0.25) is 5.41 Å². The van der Waals surface area contributed by atoms with Crippen LogP contribution in [0.3, 0.4) is 0 Å². The molecule has 0 unspecified atom stereocenters. The van der Waals surface area contributed by atoms with E-state index in [-0.39, 0.29) is 5.17 Å². The smallest absolute Gasteiger partial charge is 0.237 e. The second-order valence-electron chi connectivity index (χ2n) is 3.98. The zero-order chi connectivity index (χ0) is 13.1. The van der Waals surface area contributed by atoms with Crippen LogP contribution in [0.25, 0.3) is 11.4 Å². The molecule has 3 N–H and O–H groups in total. The SMILES string of the molecule is Cc1ccc(-c2noc(CSC(=N)N)n2)c(C)c1. The maximum atomic E-state index is 7.12. The van der Waals surface area contributed by atoms with E-state index in [4.69, 9.17) is 15.7 Å². The summed E-state index contributed by atoms with van der Waals surface area (Å²) >= 11 is 1.16. The van der Waals surface area contributed by atoms with Gasteiger partial charge in [-0.05, 0) is 19.4 Å². The van der Waals surface area contributed by atoms with Crippen molar-refractivity contribution in [1.29, 1.82) is 5.41 Å². The summed E-state index contributed by atoms with van der Waals surface area (Å²) in [6.07, 6.45) is 0. The monoisotopic (exact) mass is 262 g/mol. The Morgan fingerprint density at radius 1 is 1.44 bits per heavy atom. The molecule has 0 atom stereocenters. The zero-order valence-electron chi connectivity index (χ0n) is 10.2. The summed E-state index contributed by atoms with van der Waals surface area (Å²) in [5, 5.41) is 11.1. The summed E-state index contributed by atoms with van der Waals surface area (Å²) in [7, 11) is 0. The molecule has 6 heteroatoms. The van der Waals surface area contributed by atoms with Gasteiger partial charge >= 0.3 is 0 Å². The molecular weight excluding hydrogens is 248 g/mol. The fraction of sp³-hybridized carbons (Fsp3) is 0.250. The van der Waals surface area contributed by atoms with Gasteiger partial charge in [0.2, 0.25) is 11.7 Å². The summed E-state index contributed by atoms with van der Waals surface area (Å²) in [5.41, 5.74) is 8.53. The second kappa shape index (κ2) is 5.22. The standard InChI is InChI=1S/C12H14N4OS/c1-7-3-4-9(8(2)5-7)11-15-10(17-16-11)6-18-12(13)14/h3-5H,6H2,1-2H3,(H3,13,14). The van der Waals surface area contributed by atoms with Gasteiger partial charge in [0.15, 0.2) is 5.17 Å². The molecule has 1 heterocycles. The van der Waals surface area contributed by atoms with Crippen LogP contribution in [0.4, 0.5) is 0 Å². The second-order valence-corrected chi connectivity index (χ2v) is 5.00. The molecule has 0 aliphatic rings. The lowest BCUT2D eigenvalue weighted by Crippen LogP contribution is -2.03. The van der Waals surface area contributed by atoms with Crippen molar-refractivity contribution in [2.45, 2.75) is 19.6 Å². The topological polar surface area (TPSA) is 88.8 Å². The van der Waals surface area contributed by atoms with Gasteiger partial charge in [-0.25, -0.2) is 0 Å². The third-order valence-electron chi connectivity index (χ3n) is 2.44. The molecule has 5 nitrogen and oxygen atoms in total. The number of hydrogen-bond acceptors (Lipinski definition) is 5. The molecule has 0 saturated heterocycles. The molecule has 2 aromatic rings. The quantitative estimate of drug-likeness (QED) is 0.655. The number of nitrogens with zero attached hydrogens (tertiary/aromatic N) is 2. The van der Waals surface area contributed by atoms with Gasteiger partial charge in [0, 0.05) is 5.56 Å². The number of nitrogens with one attached hydrogen (secondary N) is 1. The molecule has 18 heavy (non-hydrogen) atoms. The van der Waals surface area contributed by atoms with Crippen molar-refractivity contribution in [3.05, 3.63) is 35.2 Å². The number of rotatable bonds is 3. The van der Waals surface area contributed by atoms with Crippen LogP contribution in [0.5, 0.6) is 0 Å². The van der Waals surface area contributed by atoms with Crippen molar-refractivity contribution in [1.82, 2.24) is 10.1 Å². The molecular formula is C12H14N4OS. The summed E-state index contributed by atoms with van der Waals surface area (Å²) in [4.78, 5) is 4.29. The molecule has 0 fully saturated rings. The van der Waals surface area contributed by atoms with E-state index in [1.54, 1.807) is 0 Å². The highest BCUT2D eigenvalue weighted by molar-refractivity contribution is 8.12. The van der Waals surface area contributed by atoms with E-state index < -0.39 is 0 Å². The number of aryl methyl sites for hydroxylation is 2. The molecule has 0 amide bonds. The molecule has 94 valence electrons. The first kappa shape index (κ1) is 12.6. The minimum atomic E-state index is 0.0428. The predicted molar refractivity (Wildman–Crippen MR) is 72.4 cm³/mol. The van der Waals surface area contributed by atoms with Crippen LogP contribution < -0.4 is 5.73 Å². The summed E-state index contributed by atoms with van der Waals surface area (Å²) < 4.78 is 5.12. The maximum Gasteiger partial charge on any atom is 0.237 e. The lowest BCUT2D eigenvalue weighted by molar-refractivity contribution is 0.392. The van der Waals surface area contributed by atoms with Gasteiger partial charge in [-0.1, -0.05) is 40.7 Å². The Morgan fingerprint density at radius 2 is 2.22 bits per heavy atom. The van der Waals surface area contributed by atoms with Gasteiger partial charge in [0.1, 0.15) is 0 Å². The van der Waals surface area contributed by atoms with Crippen LogP contribution in [0.2, 0.25) is 0 Å². The third kappa shape index (κ3) is 2.89. The molecule has 1 aromatic carbocycles. The van der Waals surface area contributed by atoms with E-state index in [0.29, 0.717) is 17.5 Å². The molecule has 2 rings (SSSR count). The van der Waals surface area contributed by atoms with E-state index in [1.807, 2.05) is 26.0 Å². The Labute approximate surface area is 109 Å². The van der Waals surface area contributed by atoms with Crippen LogP contribution in [0.1, 0.15) is 17.0 Å². The van der Waals surface area contributed by atoms with Crippen molar-refractivity contribution >= 4 is 16.9 Å². The van der Waals surface area contributed by atoms with E-state index >= 15 is 0 Å². The van der Waals surface area contributed by atoms with Crippen LogP contribution in [0, 0.1) is 19.3 Å². The van der Waals surface area contributed by atoms with Gasteiger partial charge in [-0.2, -0.15) is 4.98 Å². The van der Waals surface area contributed by atoms with E-state index in [1.165, 1.54) is 5.56 Å². The highest BCUT2D eigenvalue weighted by Gasteiger charge is 2.11. The Kier molecular flexibility index (Phi) is 3.66. The van der Waals surface area contributed by atoms with Crippen molar-refractivity contribution in [2.24, 2.45) is 5.73 Å². The lowest BCUT2D eigenvalue weighted by atomic mass is 10.1. The van der Waals surface area contributed by atoms with E-state index in [0.717, 1.165) is 22.9 Å². The van der Waals surface area contributed by atoms with Gasteiger partial charge < -0.3 is 10.3 Å². The minimum absolute atomic E-state index is 0.0428. The van der Waals surface area contributed by atoms with E-state index in [9.17, 15) is 0 Å². The largest absolute Gasteiger partial charge is 0.379 e. The summed E-state index contributed by atoms with van der Waals surface area (Å²) in [5.74, 6) is 1.48. The molecule has 0 bridgehead atoms. The highest BCUT2D eigenvalue weighted by Crippen LogP contribution is 2.22. The number of aromatic nitrogens is 2. The molecule has 0 saturated carbocycles. The maximum absolute atomic E-state index is 7.12. The fourth-order valence-electron chi connectivity index (χ4n) is 1.63. The molecule has 1 aromatic heterocycles. The average molecular weight is 262 g/mol. The number of hydrogen-bond donors (Lipinski definition) is 2. The average Bonchev–Trinajstić information content (AvgIpc) is 2.75. The van der Waals surface area contributed by atoms with Crippen molar-refractivity contribution in [2.75, 3.05) is 0 Å². The highest BCUT2D eigenvalue weighted by atomic mass is 32.2. The summed E-state index contributed by atoms with van der Waals surface area (Å²) in [6, 6.07) is 6.08. The first-order chi connectivity index (χ1) is 8.56. The van der Waals surface area contributed by atoms with Gasteiger partial charge in [-0.15, -0.1) is 0 Å². The number of amidine groups is 1. The molecule has 0 spiro atoms. The predicted octanol–water partition coefficient (Wildman–Crippen LogP) is 2.48. The van der Waals surface area contributed by atoms with Crippen molar-refractivity contribution in [3.8, 4) is 11.4 Å². The van der Waals surface area contributed by atoms with Crippen LogP contribution in [0.15, 0.2) is 22.7 Å². The lowest BCUT2D eigenvalue weighted by Gasteiger charge is -2.01. The van der Waals surface area contributed by atoms with Crippen molar-refractivity contribution in [3.63, 3.8) is 0 Å². The Balaban J connectivity index is 2.21. The first-order valence-corrected chi connectivity index (χ1v) is 6.42. The number of thioether (sulfide) groups is 1. The molecule has 0 aliphatic heterocycles. The third-order valence-corrected chi connectivity index (χ3v) is 3.14. The fourth-order valence-corrected chi connectivity index (χ4v) is 2.02. The Bertz CT molecular complexity index is 579. The van der Waals surface area contributed by atoms with Gasteiger partial charge in [0.25, 0.3) is 0 Å². The van der Waals surface area contributed by atoms with Crippen LogP contribution >= 0.6 is 11.8 Å². The van der Waals surface area contributed by atoms with Crippen LogP contribution in [-0.4, -0.2) is 15.3 Å². The Morgan fingerprint density at radius 3 is 2.89 bits per heavy atom. The first-order valence-electron chi connectivity index (χ1n) is 5.43. The summed E-state index contributed by atoms with van der Waals surface area (Å²) in [6.45, 7) is 4.06. The number of nitrogens with two attached hydrogens (primary N) is 1. The number of benzene rings is 1. The minimum Gasteiger partial charge on any atom is -0.379 e. The molecule has 0 aliphatic carbocycles. The van der Waals surface area contributed by atoms with Gasteiger partial charge in [0.05, 0.1) is 5.75 Å². The van der Waals surface area contributed by atoms with Crippen LogP contribution in [-0.2, 0) is 5.75 Å². The zero-order valence-corrected chi connectivity index (χ0v) is 11.0. The van der Waals surface area contributed by atoms with E-state index in [2.05, 4.69) is 16.2 Å². The van der Waals surface area contributed by atoms with Crippen molar-refractivity contribution < 1.29 is 4.52 Å². The molecule has 0 radical (unpaired) electrons.